The Kier molecular flexibility index (Phi) is 5.43. The fourth-order valence-electron chi connectivity index (χ4n) is 3.04. The Bertz CT molecular complexity index is 419. The van der Waals surface area contributed by atoms with Crippen LogP contribution in [0.15, 0.2) is 22.7 Å². The average Bonchev–Trinajstić information content (AvgIpc) is 2.60. The van der Waals surface area contributed by atoms with E-state index in [1.165, 1.54) is 47.8 Å². The van der Waals surface area contributed by atoms with Gasteiger partial charge in [-0.3, -0.25) is 4.90 Å². The molecule has 2 N–H and O–H groups in total. The van der Waals surface area contributed by atoms with Crippen LogP contribution in [0.4, 0.5) is 0 Å². The number of hydrogen-bond donors (Lipinski definition) is 1. The third-order valence-electron chi connectivity index (χ3n) is 4.31. The number of halogens is 1. The van der Waals surface area contributed by atoms with E-state index in [9.17, 15) is 0 Å². The largest absolute Gasteiger partial charge is 0.329 e. The second-order valence-corrected chi connectivity index (χ2v) is 6.55. The monoisotopic (exact) mass is 324 g/mol. The average molecular weight is 325 g/mol. The van der Waals surface area contributed by atoms with Crippen LogP contribution in [-0.4, -0.2) is 24.0 Å². The molecule has 2 rings (SSSR count). The minimum Gasteiger partial charge on any atom is -0.329 e. The zero-order valence-corrected chi connectivity index (χ0v) is 13.6. The van der Waals surface area contributed by atoms with Crippen LogP contribution >= 0.6 is 15.9 Å². The van der Waals surface area contributed by atoms with E-state index in [0.29, 0.717) is 18.6 Å². The molecular weight excluding hydrogens is 300 g/mol. The quantitative estimate of drug-likeness (QED) is 0.909. The Balaban J connectivity index is 2.24. The summed E-state index contributed by atoms with van der Waals surface area (Å²) in [5.74, 6) is 0. The van der Waals surface area contributed by atoms with E-state index in [2.05, 4.69) is 52.9 Å². The number of benzene rings is 1. The second-order valence-electron chi connectivity index (χ2n) is 5.70. The fraction of sp³-hybridized carbons (Fsp3) is 0.625. The predicted molar refractivity (Wildman–Crippen MR) is 85.3 cm³/mol. The molecule has 0 aliphatic carbocycles. The molecule has 1 heterocycles. The van der Waals surface area contributed by atoms with Crippen molar-refractivity contribution in [2.45, 2.75) is 51.6 Å². The molecule has 2 unspecified atom stereocenters. The summed E-state index contributed by atoms with van der Waals surface area (Å²) in [4.78, 5) is 2.60. The smallest absolute Gasteiger partial charge is 0.0473 e. The Hall–Kier alpha value is -0.380. The SMILES string of the molecule is Cc1ccc(C(CN)N2CCCCCC2C)cc1Br. The van der Waals surface area contributed by atoms with Crippen molar-refractivity contribution < 1.29 is 0 Å². The normalized spacial score (nSPS) is 23.1. The van der Waals surface area contributed by atoms with Crippen LogP contribution in [0.1, 0.15) is 49.8 Å². The van der Waals surface area contributed by atoms with E-state index in [1.54, 1.807) is 0 Å². The molecule has 19 heavy (non-hydrogen) atoms. The van der Waals surface area contributed by atoms with Gasteiger partial charge >= 0.3 is 0 Å². The highest BCUT2D eigenvalue weighted by Crippen LogP contribution is 2.29. The van der Waals surface area contributed by atoms with E-state index in [-0.39, 0.29) is 0 Å². The molecule has 0 saturated carbocycles. The van der Waals surface area contributed by atoms with E-state index < -0.39 is 0 Å². The van der Waals surface area contributed by atoms with Crippen molar-refractivity contribution in [3.05, 3.63) is 33.8 Å². The summed E-state index contributed by atoms with van der Waals surface area (Å²) >= 11 is 3.64. The first kappa shape index (κ1) is 15.0. The van der Waals surface area contributed by atoms with Gasteiger partial charge in [-0.2, -0.15) is 0 Å². The van der Waals surface area contributed by atoms with Gasteiger partial charge in [0.2, 0.25) is 0 Å². The number of aryl methyl sites for hydroxylation is 1. The van der Waals surface area contributed by atoms with Gasteiger partial charge in [0.05, 0.1) is 0 Å². The van der Waals surface area contributed by atoms with Crippen molar-refractivity contribution in [1.29, 1.82) is 0 Å². The number of likely N-dealkylation sites (tertiary alicyclic amines) is 1. The molecule has 2 atom stereocenters. The van der Waals surface area contributed by atoms with Gasteiger partial charge in [0.15, 0.2) is 0 Å². The Morgan fingerprint density at radius 1 is 1.37 bits per heavy atom. The zero-order chi connectivity index (χ0) is 13.8. The molecule has 0 amide bonds. The van der Waals surface area contributed by atoms with E-state index in [4.69, 9.17) is 5.73 Å². The Morgan fingerprint density at radius 2 is 2.16 bits per heavy atom. The van der Waals surface area contributed by atoms with Gasteiger partial charge in [-0.25, -0.2) is 0 Å². The summed E-state index contributed by atoms with van der Waals surface area (Å²) in [5.41, 5.74) is 8.70. The van der Waals surface area contributed by atoms with Gasteiger partial charge in [-0.1, -0.05) is 40.9 Å². The molecule has 0 radical (unpaired) electrons. The third-order valence-corrected chi connectivity index (χ3v) is 5.16. The minimum absolute atomic E-state index is 0.352. The van der Waals surface area contributed by atoms with Crippen molar-refractivity contribution in [3.8, 4) is 0 Å². The topological polar surface area (TPSA) is 29.3 Å². The standard InChI is InChI=1S/C16H25BrN2/c1-12-7-8-14(10-15(12)17)16(11-18)19-9-5-3-4-6-13(19)2/h7-8,10,13,16H,3-6,9,11,18H2,1-2H3. The van der Waals surface area contributed by atoms with E-state index >= 15 is 0 Å². The summed E-state index contributed by atoms with van der Waals surface area (Å²) in [6.07, 6.45) is 5.31. The molecule has 0 bridgehead atoms. The lowest BCUT2D eigenvalue weighted by atomic mass is 10.0. The number of hydrogen-bond acceptors (Lipinski definition) is 2. The van der Waals surface area contributed by atoms with E-state index in [1.807, 2.05) is 0 Å². The molecule has 2 nitrogen and oxygen atoms in total. The number of rotatable bonds is 3. The van der Waals surface area contributed by atoms with Crippen molar-refractivity contribution >= 4 is 15.9 Å². The molecular formula is C16H25BrN2. The summed E-state index contributed by atoms with van der Waals surface area (Å²) in [7, 11) is 0. The highest BCUT2D eigenvalue weighted by Gasteiger charge is 2.25. The lowest BCUT2D eigenvalue weighted by molar-refractivity contribution is 0.150. The Labute approximate surface area is 125 Å². The lowest BCUT2D eigenvalue weighted by Gasteiger charge is -2.35. The van der Waals surface area contributed by atoms with Crippen LogP contribution in [0.5, 0.6) is 0 Å². The maximum absolute atomic E-state index is 6.08. The number of nitrogens with two attached hydrogens (primary N) is 1. The van der Waals surface area contributed by atoms with Gasteiger partial charge in [0.25, 0.3) is 0 Å². The van der Waals surface area contributed by atoms with Crippen LogP contribution in [-0.2, 0) is 0 Å². The summed E-state index contributed by atoms with van der Waals surface area (Å²) in [5, 5.41) is 0. The van der Waals surface area contributed by atoms with Crippen molar-refractivity contribution in [1.82, 2.24) is 4.90 Å². The molecule has 1 saturated heterocycles. The van der Waals surface area contributed by atoms with Gasteiger partial charge in [-0.15, -0.1) is 0 Å². The molecule has 1 aromatic rings. The molecule has 106 valence electrons. The molecule has 1 aliphatic heterocycles. The predicted octanol–water partition coefficient (Wildman–Crippen LogP) is 4.02. The molecule has 1 aromatic carbocycles. The zero-order valence-electron chi connectivity index (χ0n) is 12.0. The van der Waals surface area contributed by atoms with Crippen LogP contribution < -0.4 is 5.73 Å². The van der Waals surface area contributed by atoms with Crippen LogP contribution in [0.25, 0.3) is 0 Å². The summed E-state index contributed by atoms with van der Waals surface area (Å²) in [6, 6.07) is 7.64. The van der Waals surface area contributed by atoms with E-state index in [0.717, 1.165) is 0 Å². The first-order valence-corrected chi connectivity index (χ1v) is 8.14. The van der Waals surface area contributed by atoms with Crippen molar-refractivity contribution in [3.63, 3.8) is 0 Å². The van der Waals surface area contributed by atoms with Crippen molar-refractivity contribution in [2.75, 3.05) is 13.1 Å². The second kappa shape index (κ2) is 6.87. The van der Waals surface area contributed by atoms with Crippen LogP contribution in [0.2, 0.25) is 0 Å². The molecule has 1 aliphatic rings. The molecule has 1 fully saturated rings. The van der Waals surface area contributed by atoms with Crippen LogP contribution in [0, 0.1) is 6.92 Å². The third kappa shape index (κ3) is 3.59. The maximum Gasteiger partial charge on any atom is 0.0473 e. The molecule has 3 heteroatoms. The van der Waals surface area contributed by atoms with Gasteiger partial charge in [0.1, 0.15) is 0 Å². The van der Waals surface area contributed by atoms with Crippen LogP contribution in [0.3, 0.4) is 0 Å². The van der Waals surface area contributed by atoms with Gasteiger partial charge in [-0.05, 0) is 50.4 Å². The highest BCUT2D eigenvalue weighted by atomic mass is 79.9. The molecule has 0 spiro atoms. The Morgan fingerprint density at radius 3 is 2.84 bits per heavy atom. The van der Waals surface area contributed by atoms with Gasteiger partial charge in [0, 0.05) is 23.1 Å². The first-order valence-electron chi connectivity index (χ1n) is 7.35. The first-order chi connectivity index (χ1) is 9.13. The van der Waals surface area contributed by atoms with Gasteiger partial charge < -0.3 is 5.73 Å². The lowest BCUT2D eigenvalue weighted by Crippen LogP contribution is -2.39. The highest BCUT2D eigenvalue weighted by molar-refractivity contribution is 9.10. The molecule has 0 aromatic heterocycles. The summed E-state index contributed by atoms with van der Waals surface area (Å²) < 4.78 is 1.19. The fourth-order valence-corrected chi connectivity index (χ4v) is 3.44. The maximum atomic E-state index is 6.08. The van der Waals surface area contributed by atoms with Crippen molar-refractivity contribution in [2.24, 2.45) is 5.73 Å². The minimum atomic E-state index is 0.352. The number of nitrogens with zero attached hydrogens (tertiary/aromatic N) is 1. The summed E-state index contributed by atoms with van der Waals surface area (Å²) in [6.45, 7) is 6.34.